The highest BCUT2D eigenvalue weighted by Gasteiger charge is 2.13. The first-order chi connectivity index (χ1) is 16.0. The third-order valence-electron chi connectivity index (χ3n) is 4.55. The summed E-state index contributed by atoms with van der Waals surface area (Å²) in [5.74, 6) is -1.72. The monoisotopic (exact) mass is 460 g/mol. The summed E-state index contributed by atoms with van der Waals surface area (Å²) in [6.07, 6.45) is 3.00. The third kappa shape index (κ3) is 5.46. The number of hydrogen-bond acceptors (Lipinski definition) is 5. The average Bonchev–Trinajstić information content (AvgIpc) is 3.34. The zero-order valence-corrected chi connectivity index (χ0v) is 17.9. The number of nitrogens with zero attached hydrogens (tertiary/aromatic N) is 1. The SMILES string of the molecule is O=C(NNC(=O)c1ccc(-c2ccc(F)cc2)s1)c1cccc(NC(=O)c2cccnc2)c1. The molecule has 9 heteroatoms. The van der Waals surface area contributed by atoms with E-state index in [1.807, 2.05) is 0 Å². The van der Waals surface area contributed by atoms with Crippen LogP contribution in [0.1, 0.15) is 30.4 Å². The molecule has 0 saturated carbocycles. The highest BCUT2D eigenvalue weighted by atomic mass is 32.1. The van der Waals surface area contributed by atoms with Gasteiger partial charge in [-0.25, -0.2) is 4.39 Å². The summed E-state index contributed by atoms with van der Waals surface area (Å²) >= 11 is 1.22. The number of amides is 3. The van der Waals surface area contributed by atoms with E-state index in [1.54, 1.807) is 60.8 Å². The lowest BCUT2D eigenvalue weighted by atomic mass is 10.2. The maximum atomic E-state index is 13.1. The lowest BCUT2D eigenvalue weighted by Gasteiger charge is -2.09. The quantitative estimate of drug-likeness (QED) is 0.387. The fourth-order valence-corrected chi connectivity index (χ4v) is 3.82. The van der Waals surface area contributed by atoms with Gasteiger partial charge in [0.25, 0.3) is 17.7 Å². The molecule has 0 aliphatic rings. The van der Waals surface area contributed by atoms with Gasteiger partial charge in [-0.15, -0.1) is 11.3 Å². The molecule has 3 amide bonds. The summed E-state index contributed by atoms with van der Waals surface area (Å²) < 4.78 is 13.1. The van der Waals surface area contributed by atoms with E-state index in [4.69, 9.17) is 0 Å². The van der Waals surface area contributed by atoms with Gasteiger partial charge in [0, 0.05) is 28.5 Å². The van der Waals surface area contributed by atoms with Crippen molar-refractivity contribution in [3.8, 4) is 10.4 Å². The van der Waals surface area contributed by atoms with E-state index in [-0.39, 0.29) is 17.3 Å². The van der Waals surface area contributed by atoms with Gasteiger partial charge in [0.1, 0.15) is 5.82 Å². The number of hydrogen-bond donors (Lipinski definition) is 3. The van der Waals surface area contributed by atoms with Gasteiger partial charge >= 0.3 is 0 Å². The first kappa shape index (κ1) is 21.8. The molecule has 0 bridgehead atoms. The van der Waals surface area contributed by atoms with E-state index in [9.17, 15) is 18.8 Å². The van der Waals surface area contributed by atoms with Crippen LogP contribution in [0.2, 0.25) is 0 Å². The predicted molar refractivity (Wildman–Crippen MR) is 123 cm³/mol. The van der Waals surface area contributed by atoms with Crippen LogP contribution in [0.4, 0.5) is 10.1 Å². The second-order valence-corrected chi connectivity index (χ2v) is 7.94. The van der Waals surface area contributed by atoms with Gasteiger partial charge in [0.15, 0.2) is 0 Å². The molecule has 0 aliphatic carbocycles. The van der Waals surface area contributed by atoms with E-state index < -0.39 is 11.8 Å². The minimum Gasteiger partial charge on any atom is -0.322 e. The lowest BCUT2D eigenvalue weighted by Crippen LogP contribution is -2.41. The van der Waals surface area contributed by atoms with Crippen LogP contribution in [0.25, 0.3) is 10.4 Å². The highest BCUT2D eigenvalue weighted by molar-refractivity contribution is 7.17. The Labute approximate surface area is 192 Å². The van der Waals surface area contributed by atoms with Gasteiger partial charge in [-0.2, -0.15) is 0 Å². The second kappa shape index (κ2) is 9.84. The van der Waals surface area contributed by atoms with E-state index in [2.05, 4.69) is 21.2 Å². The first-order valence-corrected chi connectivity index (χ1v) is 10.6. The molecular formula is C24H17FN4O3S. The van der Waals surface area contributed by atoms with Gasteiger partial charge < -0.3 is 5.32 Å². The molecule has 2 heterocycles. The van der Waals surface area contributed by atoms with Crippen LogP contribution in [0.3, 0.4) is 0 Å². The van der Waals surface area contributed by atoms with Crippen LogP contribution < -0.4 is 16.2 Å². The Morgan fingerprint density at radius 1 is 0.788 bits per heavy atom. The third-order valence-corrected chi connectivity index (χ3v) is 5.69. The molecule has 0 radical (unpaired) electrons. The first-order valence-electron chi connectivity index (χ1n) is 9.77. The Balaban J connectivity index is 1.36. The lowest BCUT2D eigenvalue weighted by molar-refractivity contribution is 0.0849. The molecule has 4 aromatic rings. The fourth-order valence-electron chi connectivity index (χ4n) is 2.92. The number of nitrogens with one attached hydrogen (secondary N) is 3. The van der Waals surface area contributed by atoms with Crippen molar-refractivity contribution >= 4 is 34.7 Å². The zero-order chi connectivity index (χ0) is 23.2. The van der Waals surface area contributed by atoms with E-state index >= 15 is 0 Å². The fraction of sp³-hybridized carbons (Fsp3) is 0. The highest BCUT2D eigenvalue weighted by Crippen LogP contribution is 2.28. The molecule has 4 rings (SSSR count). The molecule has 0 unspecified atom stereocenters. The Hall–Kier alpha value is -4.37. The number of carbonyl (C=O) groups is 3. The molecule has 2 aromatic carbocycles. The maximum absolute atomic E-state index is 13.1. The normalized spacial score (nSPS) is 10.3. The minimum atomic E-state index is -0.545. The topological polar surface area (TPSA) is 100 Å². The minimum absolute atomic E-state index is 0.248. The summed E-state index contributed by atoms with van der Waals surface area (Å²) in [5.41, 5.74) is 6.58. The summed E-state index contributed by atoms with van der Waals surface area (Å²) in [6, 6.07) is 18.9. The summed E-state index contributed by atoms with van der Waals surface area (Å²) in [4.78, 5) is 42.2. The summed E-state index contributed by atoms with van der Waals surface area (Å²) in [5, 5.41) is 2.70. The summed E-state index contributed by atoms with van der Waals surface area (Å²) in [6.45, 7) is 0. The molecule has 0 fully saturated rings. The number of rotatable bonds is 5. The molecular weight excluding hydrogens is 443 g/mol. The van der Waals surface area contributed by atoms with Crippen molar-refractivity contribution < 1.29 is 18.8 Å². The van der Waals surface area contributed by atoms with Gasteiger partial charge in [0.05, 0.1) is 10.4 Å². The molecule has 0 spiro atoms. The van der Waals surface area contributed by atoms with Crippen LogP contribution in [0, 0.1) is 5.82 Å². The molecule has 3 N–H and O–H groups in total. The predicted octanol–water partition coefficient (Wildman–Crippen LogP) is 4.28. The van der Waals surface area contributed by atoms with E-state index in [0.717, 1.165) is 10.4 Å². The van der Waals surface area contributed by atoms with Crippen molar-refractivity contribution in [2.75, 3.05) is 5.32 Å². The van der Waals surface area contributed by atoms with Crippen LogP contribution in [0.15, 0.2) is 85.2 Å². The zero-order valence-electron chi connectivity index (χ0n) is 17.0. The molecule has 0 saturated heterocycles. The van der Waals surface area contributed by atoms with Crippen LogP contribution in [-0.2, 0) is 0 Å². The van der Waals surface area contributed by atoms with Gasteiger partial charge in [-0.3, -0.25) is 30.2 Å². The maximum Gasteiger partial charge on any atom is 0.279 e. The number of aromatic nitrogens is 1. The molecule has 0 aliphatic heterocycles. The van der Waals surface area contributed by atoms with Crippen molar-refractivity contribution in [2.45, 2.75) is 0 Å². The van der Waals surface area contributed by atoms with Crippen molar-refractivity contribution in [2.24, 2.45) is 0 Å². The molecule has 33 heavy (non-hydrogen) atoms. The Morgan fingerprint density at radius 2 is 1.55 bits per heavy atom. The Kier molecular flexibility index (Phi) is 6.51. The van der Waals surface area contributed by atoms with Crippen molar-refractivity contribution in [1.82, 2.24) is 15.8 Å². The molecule has 2 aromatic heterocycles. The van der Waals surface area contributed by atoms with Gasteiger partial charge in [-0.1, -0.05) is 18.2 Å². The van der Waals surface area contributed by atoms with E-state index in [1.165, 1.54) is 35.7 Å². The van der Waals surface area contributed by atoms with Crippen molar-refractivity contribution in [3.05, 3.63) is 107 Å². The molecule has 0 atom stereocenters. The Bertz CT molecular complexity index is 1310. The number of halogens is 1. The summed E-state index contributed by atoms with van der Waals surface area (Å²) in [7, 11) is 0. The number of thiophene rings is 1. The molecule has 164 valence electrons. The van der Waals surface area contributed by atoms with Crippen LogP contribution in [0.5, 0.6) is 0 Å². The largest absolute Gasteiger partial charge is 0.322 e. The van der Waals surface area contributed by atoms with Crippen LogP contribution in [-0.4, -0.2) is 22.7 Å². The number of carbonyl (C=O) groups excluding carboxylic acids is 3. The number of pyridine rings is 1. The standard InChI is InChI=1S/C24H17FN4O3S/c25-18-8-6-15(7-9-18)20-10-11-21(33-20)24(32)29-28-23(31)16-3-1-5-19(13-16)27-22(30)17-4-2-12-26-14-17/h1-14H,(H,27,30)(H,28,31)(H,29,32). The Morgan fingerprint density at radius 3 is 2.30 bits per heavy atom. The second-order valence-electron chi connectivity index (χ2n) is 6.86. The number of benzene rings is 2. The number of anilines is 1. The van der Waals surface area contributed by atoms with Crippen molar-refractivity contribution in [1.29, 1.82) is 0 Å². The average molecular weight is 460 g/mol. The smallest absolute Gasteiger partial charge is 0.279 e. The van der Waals surface area contributed by atoms with Crippen molar-refractivity contribution in [3.63, 3.8) is 0 Å². The van der Waals surface area contributed by atoms with Gasteiger partial charge in [0.2, 0.25) is 0 Å². The molecule has 7 nitrogen and oxygen atoms in total. The number of hydrazine groups is 1. The van der Waals surface area contributed by atoms with Gasteiger partial charge in [-0.05, 0) is 60.2 Å². The van der Waals surface area contributed by atoms with Crippen LogP contribution >= 0.6 is 11.3 Å². The van der Waals surface area contributed by atoms with E-state index in [0.29, 0.717) is 16.1 Å².